The van der Waals surface area contributed by atoms with Crippen LogP contribution in [0, 0.1) is 0 Å². The van der Waals surface area contributed by atoms with E-state index < -0.39 is 19.2 Å². The summed E-state index contributed by atoms with van der Waals surface area (Å²) < 4.78 is 17.3. The zero-order valence-electron chi connectivity index (χ0n) is 11.8. The highest BCUT2D eigenvalue weighted by Crippen LogP contribution is 2.48. The van der Waals surface area contributed by atoms with Crippen LogP contribution in [-0.2, 0) is 19.3 Å². The second kappa shape index (κ2) is 7.12. The van der Waals surface area contributed by atoms with Crippen molar-refractivity contribution < 1.29 is 24.1 Å². The van der Waals surface area contributed by atoms with Crippen LogP contribution < -0.4 is 0 Å². The van der Waals surface area contributed by atoms with Gasteiger partial charge in [-0.05, 0) is 30.2 Å². The summed E-state index contributed by atoms with van der Waals surface area (Å²) in [7, 11) is -2.88. The lowest BCUT2D eigenvalue weighted by Gasteiger charge is -2.18. The highest BCUT2D eigenvalue weighted by atomic mass is 31.1. The normalized spacial score (nSPS) is 21.8. The Hall–Kier alpha value is -1.29. The van der Waals surface area contributed by atoms with E-state index in [1.807, 2.05) is 0 Å². The minimum absolute atomic E-state index is 0.137. The summed E-state index contributed by atoms with van der Waals surface area (Å²) >= 11 is 0. The lowest BCUT2D eigenvalue weighted by Crippen LogP contribution is -2.32. The van der Waals surface area contributed by atoms with Crippen LogP contribution in [0.1, 0.15) is 37.7 Å². The highest BCUT2D eigenvalue weighted by Gasteiger charge is 2.58. The third-order valence-electron chi connectivity index (χ3n) is 4.02. The van der Waals surface area contributed by atoms with E-state index in [0.29, 0.717) is 12.0 Å². The Kier molecular flexibility index (Phi) is 5.45. The van der Waals surface area contributed by atoms with E-state index in [1.165, 1.54) is 0 Å². The number of benzene rings is 1. The van der Waals surface area contributed by atoms with Gasteiger partial charge in [-0.2, -0.15) is 4.89 Å². The Morgan fingerprint density at radius 3 is 2.62 bits per heavy atom. The van der Waals surface area contributed by atoms with Gasteiger partial charge < -0.3 is 9.84 Å². The van der Waals surface area contributed by atoms with Gasteiger partial charge in [0.25, 0.3) is 0 Å². The Morgan fingerprint density at radius 1 is 1.38 bits per heavy atom. The van der Waals surface area contributed by atoms with Gasteiger partial charge in [-0.15, -0.1) is 0 Å². The molecule has 1 saturated heterocycles. The molecule has 3 atom stereocenters. The van der Waals surface area contributed by atoms with E-state index in [2.05, 4.69) is 0 Å². The van der Waals surface area contributed by atoms with Crippen LogP contribution in [0.5, 0.6) is 0 Å². The number of hydrogen-bond donors (Lipinski definition) is 2. The van der Waals surface area contributed by atoms with Crippen molar-refractivity contribution in [2.75, 3.05) is 6.61 Å². The molecule has 1 fully saturated rings. The summed E-state index contributed by atoms with van der Waals surface area (Å²) in [5.41, 5.74) is 0.383. The van der Waals surface area contributed by atoms with Crippen LogP contribution in [0.2, 0.25) is 0 Å². The van der Waals surface area contributed by atoms with Crippen molar-refractivity contribution in [3.05, 3.63) is 35.9 Å². The van der Waals surface area contributed by atoms with Gasteiger partial charge in [-0.3, -0.25) is 0 Å². The predicted octanol–water partition coefficient (Wildman–Crippen LogP) is 3.05. The van der Waals surface area contributed by atoms with Gasteiger partial charge in [0.15, 0.2) is 0 Å². The maximum absolute atomic E-state index is 11.8. The van der Waals surface area contributed by atoms with Gasteiger partial charge in [0.05, 0.1) is 6.10 Å². The molecular weight excluding hydrogens is 291 g/mol. The van der Waals surface area contributed by atoms with E-state index in [4.69, 9.17) is 4.74 Å². The average Bonchev–Trinajstić information content (AvgIpc) is 2.97. The molecule has 0 amide bonds. The van der Waals surface area contributed by atoms with Gasteiger partial charge in [0.2, 0.25) is 0 Å². The van der Waals surface area contributed by atoms with E-state index in [1.54, 1.807) is 30.3 Å². The van der Waals surface area contributed by atoms with Crippen LogP contribution in [0.4, 0.5) is 0 Å². The molecule has 1 aromatic rings. The third kappa shape index (κ3) is 3.49. The number of carbonyl (C=O) groups is 1. The molecule has 0 saturated carbocycles. The molecule has 0 spiro atoms. The maximum atomic E-state index is 11.8. The molecule has 114 valence electrons. The van der Waals surface area contributed by atoms with E-state index in [9.17, 15) is 19.4 Å². The molecule has 1 aliphatic rings. The Morgan fingerprint density at radius 2 is 2.10 bits per heavy atom. The lowest BCUT2D eigenvalue weighted by atomic mass is 9.91. The van der Waals surface area contributed by atoms with Gasteiger partial charge in [-0.25, -0.2) is 4.79 Å². The minimum atomic E-state index is -2.88. The number of carboxylic acids is 1. The molecule has 0 radical (unpaired) electrons. The van der Waals surface area contributed by atoms with E-state index in [-0.39, 0.29) is 12.5 Å². The molecule has 1 aliphatic heterocycles. The molecular formula is C15H20O5P+. The predicted molar refractivity (Wildman–Crippen MR) is 78.4 cm³/mol. The monoisotopic (exact) mass is 311 g/mol. The number of rotatable bonds is 7. The second-order valence-electron chi connectivity index (χ2n) is 5.33. The van der Waals surface area contributed by atoms with Gasteiger partial charge in [0.1, 0.15) is 0 Å². The zero-order chi connectivity index (χ0) is 15.3. The van der Waals surface area contributed by atoms with Crippen molar-refractivity contribution in [3.8, 4) is 0 Å². The van der Waals surface area contributed by atoms with Crippen LogP contribution >= 0.6 is 8.03 Å². The van der Waals surface area contributed by atoms with Crippen LogP contribution in [0.3, 0.4) is 0 Å². The fourth-order valence-corrected chi connectivity index (χ4v) is 3.72. The molecule has 5 nitrogen and oxygen atoms in total. The Bertz CT molecular complexity index is 482. The van der Waals surface area contributed by atoms with Crippen LogP contribution in [0.25, 0.3) is 0 Å². The van der Waals surface area contributed by atoms with Crippen LogP contribution in [-0.4, -0.2) is 28.7 Å². The molecule has 3 unspecified atom stereocenters. The summed E-state index contributed by atoms with van der Waals surface area (Å²) in [5.74, 6) is -1.25. The molecule has 21 heavy (non-hydrogen) atoms. The molecule has 2 rings (SSSR count). The van der Waals surface area contributed by atoms with Crippen molar-refractivity contribution in [1.29, 1.82) is 0 Å². The molecule has 0 aliphatic carbocycles. The summed E-state index contributed by atoms with van der Waals surface area (Å²) in [6.07, 6.45) is 3.58. The van der Waals surface area contributed by atoms with Crippen molar-refractivity contribution in [1.82, 2.24) is 0 Å². The highest BCUT2D eigenvalue weighted by molar-refractivity contribution is 7.41. The molecule has 1 aromatic carbocycles. The van der Waals surface area contributed by atoms with Crippen LogP contribution in [0.15, 0.2) is 30.3 Å². The van der Waals surface area contributed by atoms with Crippen molar-refractivity contribution in [2.45, 2.75) is 43.4 Å². The topological polar surface area (TPSA) is 83.8 Å². The number of ether oxygens (including phenoxy) is 1. The van der Waals surface area contributed by atoms with Crippen molar-refractivity contribution in [3.63, 3.8) is 0 Å². The first-order chi connectivity index (χ1) is 10.1. The first kappa shape index (κ1) is 16.1. The fourth-order valence-electron chi connectivity index (χ4n) is 2.83. The molecule has 2 N–H and O–H groups in total. The summed E-state index contributed by atoms with van der Waals surface area (Å²) in [5, 5.41) is 7.84. The summed E-state index contributed by atoms with van der Waals surface area (Å²) in [6.45, 7) is 0.752. The number of aliphatic carboxylic acids is 1. The molecule has 0 aromatic heterocycles. The van der Waals surface area contributed by atoms with Crippen molar-refractivity contribution >= 4 is 14.0 Å². The SMILES string of the molecule is O=C(O)C(CCCC1CCCO1)(c1ccccc1)[P+](=O)O. The number of carboxylic acid groups (broad SMARTS) is 1. The standard InChI is InChI=1S/C15H19O5P/c16-14(17)15(21(18)19,12-6-2-1-3-7-12)10-4-8-13-9-5-11-20-13/h1-3,6-7,13H,4-5,8-11H2,(H-,16,17,18,19)/p+1. The summed E-state index contributed by atoms with van der Waals surface area (Å²) in [4.78, 5) is 21.4. The summed E-state index contributed by atoms with van der Waals surface area (Å²) in [6, 6.07) is 8.33. The van der Waals surface area contributed by atoms with Gasteiger partial charge in [-0.1, -0.05) is 30.3 Å². The lowest BCUT2D eigenvalue weighted by molar-refractivity contribution is -0.141. The zero-order valence-corrected chi connectivity index (χ0v) is 12.7. The second-order valence-corrected chi connectivity index (χ2v) is 6.64. The van der Waals surface area contributed by atoms with E-state index in [0.717, 1.165) is 25.9 Å². The molecule has 6 heteroatoms. The average molecular weight is 311 g/mol. The minimum Gasteiger partial charge on any atom is -0.477 e. The maximum Gasteiger partial charge on any atom is 0.528 e. The van der Waals surface area contributed by atoms with Gasteiger partial charge in [0, 0.05) is 18.6 Å². The third-order valence-corrected chi connectivity index (χ3v) is 5.35. The Labute approximate surface area is 124 Å². The molecule has 1 heterocycles. The molecule has 0 bridgehead atoms. The number of hydrogen-bond acceptors (Lipinski definition) is 3. The first-order valence-electron chi connectivity index (χ1n) is 7.14. The van der Waals surface area contributed by atoms with Gasteiger partial charge >= 0.3 is 19.2 Å². The van der Waals surface area contributed by atoms with E-state index >= 15 is 0 Å². The smallest absolute Gasteiger partial charge is 0.477 e. The Balaban J connectivity index is 2.15. The largest absolute Gasteiger partial charge is 0.528 e. The quantitative estimate of drug-likeness (QED) is 0.756. The van der Waals surface area contributed by atoms with Crippen molar-refractivity contribution in [2.24, 2.45) is 0 Å². The first-order valence-corrected chi connectivity index (χ1v) is 8.35. The fraction of sp³-hybridized carbons (Fsp3) is 0.533.